The first-order chi connectivity index (χ1) is 8.00. The topological polar surface area (TPSA) is 87.3 Å². The normalized spacial score (nSPS) is 19.0. The summed E-state index contributed by atoms with van der Waals surface area (Å²) in [5, 5.41) is 8.00. The van der Waals surface area contributed by atoms with Crippen molar-refractivity contribution >= 4 is 17.7 Å². The fourth-order valence-electron chi connectivity index (χ4n) is 1.51. The standard InChI is InChI=1S/C11H19N3O3/c1-7(2)10(16)12-3-4-13-11(17)8-5-9(15)14-6-8/h7-8H,3-6H2,1-2H3,(H,12,16)(H,13,17)(H,14,15). The zero-order chi connectivity index (χ0) is 12.8. The van der Waals surface area contributed by atoms with Gasteiger partial charge in [0.15, 0.2) is 0 Å². The van der Waals surface area contributed by atoms with E-state index >= 15 is 0 Å². The molecule has 1 aliphatic heterocycles. The van der Waals surface area contributed by atoms with Gasteiger partial charge >= 0.3 is 0 Å². The van der Waals surface area contributed by atoms with Crippen molar-refractivity contribution in [2.24, 2.45) is 11.8 Å². The molecule has 0 aromatic heterocycles. The van der Waals surface area contributed by atoms with Gasteiger partial charge in [0.2, 0.25) is 17.7 Å². The molecular formula is C11H19N3O3. The molecule has 0 aromatic carbocycles. The molecule has 3 amide bonds. The quantitative estimate of drug-likeness (QED) is 0.540. The molecule has 1 rings (SSSR count). The van der Waals surface area contributed by atoms with Crippen LogP contribution in [0.5, 0.6) is 0 Å². The lowest BCUT2D eigenvalue weighted by Crippen LogP contribution is -2.39. The number of hydrogen-bond donors (Lipinski definition) is 3. The third-order valence-corrected chi connectivity index (χ3v) is 2.60. The molecule has 1 fully saturated rings. The lowest BCUT2D eigenvalue weighted by atomic mass is 10.1. The second kappa shape index (κ2) is 6.22. The average molecular weight is 241 g/mol. The Morgan fingerprint density at radius 1 is 1.35 bits per heavy atom. The van der Waals surface area contributed by atoms with Crippen LogP contribution in [0.2, 0.25) is 0 Å². The first-order valence-corrected chi connectivity index (χ1v) is 5.83. The summed E-state index contributed by atoms with van der Waals surface area (Å²) >= 11 is 0. The van der Waals surface area contributed by atoms with Gasteiger partial charge in [0, 0.05) is 32.0 Å². The zero-order valence-electron chi connectivity index (χ0n) is 10.2. The summed E-state index contributed by atoms with van der Waals surface area (Å²) in [6.45, 7) is 4.83. The fourth-order valence-corrected chi connectivity index (χ4v) is 1.51. The van der Waals surface area contributed by atoms with Gasteiger partial charge in [0.25, 0.3) is 0 Å². The molecule has 17 heavy (non-hydrogen) atoms. The van der Waals surface area contributed by atoms with Crippen LogP contribution in [-0.2, 0) is 14.4 Å². The average Bonchev–Trinajstić information content (AvgIpc) is 2.70. The molecule has 0 saturated carbocycles. The molecule has 1 aliphatic rings. The van der Waals surface area contributed by atoms with Crippen LogP contribution in [0.1, 0.15) is 20.3 Å². The first kappa shape index (κ1) is 13.5. The van der Waals surface area contributed by atoms with E-state index in [1.54, 1.807) is 0 Å². The van der Waals surface area contributed by atoms with Crippen LogP contribution in [0.25, 0.3) is 0 Å². The van der Waals surface area contributed by atoms with Crippen molar-refractivity contribution in [3.8, 4) is 0 Å². The summed E-state index contributed by atoms with van der Waals surface area (Å²) in [6.07, 6.45) is 0.254. The van der Waals surface area contributed by atoms with Crippen molar-refractivity contribution in [1.29, 1.82) is 0 Å². The number of amides is 3. The molecule has 0 spiro atoms. The molecule has 1 unspecified atom stereocenters. The summed E-state index contributed by atoms with van der Waals surface area (Å²) in [4.78, 5) is 33.7. The molecule has 1 heterocycles. The Bertz CT molecular complexity index is 315. The van der Waals surface area contributed by atoms with Crippen molar-refractivity contribution in [2.45, 2.75) is 20.3 Å². The van der Waals surface area contributed by atoms with E-state index in [0.29, 0.717) is 19.6 Å². The second-order valence-corrected chi connectivity index (χ2v) is 4.44. The van der Waals surface area contributed by atoms with Crippen LogP contribution in [-0.4, -0.2) is 37.4 Å². The highest BCUT2D eigenvalue weighted by Crippen LogP contribution is 2.07. The summed E-state index contributed by atoms with van der Waals surface area (Å²) < 4.78 is 0. The third-order valence-electron chi connectivity index (χ3n) is 2.60. The Morgan fingerprint density at radius 2 is 2.00 bits per heavy atom. The van der Waals surface area contributed by atoms with Gasteiger partial charge in [-0.2, -0.15) is 0 Å². The molecule has 1 atom stereocenters. The van der Waals surface area contributed by atoms with E-state index in [0.717, 1.165) is 0 Å². The highest BCUT2D eigenvalue weighted by molar-refractivity contribution is 5.89. The SMILES string of the molecule is CC(C)C(=O)NCCNC(=O)C1CNC(=O)C1. The van der Waals surface area contributed by atoms with Crippen LogP contribution in [0.15, 0.2) is 0 Å². The molecule has 6 nitrogen and oxygen atoms in total. The number of nitrogens with one attached hydrogen (secondary N) is 3. The monoisotopic (exact) mass is 241 g/mol. The third kappa shape index (κ3) is 4.42. The first-order valence-electron chi connectivity index (χ1n) is 5.83. The highest BCUT2D eigenvalue weighted by atomic mass is 16.2. The van der Waals surface area contributed by atoms with Gasteiger partial charge < -0.3 is 16.0 Å². The molecular weight excluding hydrogens is 222 g/mol. The number of carbonyl (C=O) groups is 3. The lowest BCUT2D eigenvalue weighted by molar-refractivity contribution is -0.127. The maximum absolute atomic E-state index is 11.6. The predicted octanol–water partition coefficient (Wildman–Crippen LogP) is -0.989. The van der Waals surface area contributed by atoms with Crippen LogP contribution >= 0.6 is 0 Å². The summed E-state index contributed by atoms with van der Waals surface area (Å²) in [5.41, 5.74) is 0. The van der Waals surface area contributed by atoms with Crippen molar-refractivity contribution in [3.05, 3.63) is 0 Å². The second-order valence-electron chi connectivity index (χ2n) is 4.44. The maximum Gasteiger partial charge on any atom is 0.225 e. The molecule has 96 valence electrons. The maximum atomic E-state index is 11.6. The number of hydrogen-bond acceptors (Lipinski definition) is 3. The highest BCUT2D eigenvalue weighted by Gasteiger charge is 2.27. The van der Waals surface area contributed by atoms with E-state index in [4.69, 9.17) is 0 Å². The number of rotatable bonds is 5. The Morgan fingerprint density at radius 3 is 2.53 bits per heavy atom. The van der Waals surface area contributed by atoms with Crippen molar-refractivity contribution < 1.29 is 14.4 Å². The lowest BCUT2D eigenvalue weighted by Gasteiger charge is -2.10. The Hall–Kier alpha value is -1.59. The summed E-state index contributed by atoms with van der Waals surface area (Å²) in [6, 6.07) is 0. The Labute approximate surface area is 101 Å². The van der Waals surface area contributed by atoms with Crippen LogP contribution < -0.4 is 16.0 Å². The molecule has 0 aliphatic carbocycles. The largest absolute Gasteiger partial charge is 0.355 e. The van der Waals surface area contributed by atoms with Crippen LogP contribution in [0, 0.1) is 11.8 Å². The van der Waals surface area contributed by atoms with Gasteiger partial charge in [-0.15, -0.1) is 0 Å². The van der Waals surface area contributed by atoms with Gasteiger partial charge in [-0.05, 0) is 0 Å². The molecule has 0 radical (unpaired) electrons. The van der Waals surface area contributed by atoms with E-state index in [9.17, 15) is 14.4 Å². The van der Waals surface area contributed by atoms with Crippen LogP contribution in [0.4, 0.5) is 0 Å². The summed E-state index contributed by atoms with van der Waals surface area (Å²) in [5.74, 6) is -0.581. The molecule has 0 aromatic rings. The smallest absolute Gasteiger partial charge is 0.225 e. The zero-order valence-corrected chi connectivity index (χ0v) is 10.2. The van der Waals surface area contributed by atoms with E-state index in [1.807, 2.05) is 13.8 Å². The van der Waals surface area contributed by atoms with Crippen molar-refractivity contribution in [1.82, 2.24) is 16.0 Å². The van der Waals surface area contributed by atoms with E-state index < -0.39 is 0 Å². The molecule has 1 saturated heterocycles. The summed E-state index contributed by atoms with van der Waals surface area (Å²) in [7, 11) is 0. The van der Waals surface area contributed by atoms with E-state index in [-0.39, 0.29) is 36.0 Å². The Balaban J connectivity index is 2.12. The van der Waals surface area contributed by atoms with Crippen molar-refractivity contribution in [3.63, 3.8) is 0 Å². The molecule has 6 heteroatoms. The number of carbonyl (C=O) groups excluding carboxylic acids is 3. The van der Waals surface area contributed by atoms with Gasteiger partial charge in [-0.3, -0.25) is 14.4 Å². The van der Waals surface area contributed by atoms with Gasteiger partial charge in [0.05, 0.1) is 5.92 Å². The van der Waals surface area contributed by atoms with Crippen LogP contribution in [0.3, 0.4) is 0 Å². The minimum absolute atomic E-state index is 0.0306. The predicted molar refractivity (Wildman–Crippen MR) is 62.0 cm³/mol. The fraction of sp³-hybridized carbons (Fsp3) is 0.727. The van der Waals surface area contributed by atoms with Crippen molar-refractivity contribution in [2.75, 3.05) is 19.6 Å². The molecule has 0 bridgehead atoms. The minimum Gasteiger partial charge on any atom is -0.355 e. The van der Waals surface area contributed by atoms with Gasteiger partial charge in [-0.25, -0.2) is 0 Å². The molecule has 3 N–H and O–H groups in total. The minimum atomic E-state index is -0.275. The van der Waals surface area contributed by atoms with E-state index in [2.05, 4.69) is 16.0 Å². The Kier molecular flexibility index (Phi) is 4.93. The van der Waals surface area contributed by atoms with Gasteiger partial charge in [0.1, 0.15) is 0 Å². The van der Waals surface area contributed by atoms with E-state index in [1.165, 1.54) is 0 Å². The van der Waals surface area contributed by atoms with Gasteiger partial charge in [-0.1, -0.05) is 13.8 Å².